The zero-order valence-electron chi connectivity index (χ0n) is 18.2. The van der Waals surface area contributed by atoms with Crippen molar-refractivity contribution in [1.82, 2.24) is 4.90 Å². The molecular formula is C26H29NO4. The average molecular weight is 420 g/mol. The number of carbonyl (C=O) groups excluding carboxylic acids is 2. The Kier molecular flexibility index (Phi) is 4.70. The van der Waals surface area contributed by atoms with Crippen LogP contribution in [-0.2, 0) is 9.53 Å². The molecule has 0 aromatic heterocycles. The molecule has 31 heavy (non-hydrogen) atoms. The first-order valence-corrected chi connectivity index (χ1v) is 11.2. The number of amides is 1. The second-order valence-electron chi connectivity index (χ2n) is 9.59. The van der Waals surface area contributed by atoms with Crippen molar-refractivity contribution < 1.29 is 19.4 Å². The van der Waals surface area contributed by atoms with Crippen LogP contribution in [0.4, 0.5) is 0 Å². The first-order valence-electron chi connectivity index (χ1n) is 11.2. The molecule has 5 rings (SSSR count). The van der Waals surface area contributed by atoms with Crippen molar-refractivity contribution in [3.63, 3.8) is 0 Å². The van der Waals surface area contributed by atoms with Crippen molar-refractivity contribution in [2.24, 2.45) is 5.41 Å². The third kappa shape index (κ3) is 3.55. The normalized spacial score (nSPS) is 22.8. The number of carbonyl (C=O) groups is 2. The number of hydrogen-bond acceptors (Lipinski definition) is 4. The van der Waals surface area contributed by atoms with Crippen LogP contribution in [0, 0.1) is 12.3 Å². The van der Waals surface area contributed by atoms with Crippen LogP contribution >= 0.6 is 0 Å². The Morgan fingerprint density at radius 3 is 2.32 bits per heavy atom. The third-order valence-electron chi connectivity index (χ3n) is 7.64. The molecule has 5 nitrogen and oxygen atoms in total. The maximum absolute atomic E-state index is 12.4. The standard InChI is InChI=1S/C26H29NO4/c1-17-3-4-20(23(28)31-2)15-21(17)18-5-7-19(8-6-18)22-16-25(22)11-13-27(14-12-25)24(29)26(30)9-10-26/h3-8,15,22,30H,9-14,16H2,1-2H3/t22-/m1/s1. The van der Waals surface area contributed by atoms with Gasteiger partial charge in [0.1, 0.15) is 5.60 Å². The van der Waals surface area contributed by atoms with Gasteiger partial charge in [0.15, 0.2) is 0 Å². The maximum Gasteiger partial charge on any atom is 0.337 e. The SMILES string of the molecule is COC(=O)c1ccc(C)c(-c2ccc([C@H]3CC34CCN(C(=O)C3(O)CC3)CC4)cc2)c1. The zero-order valence-corrected chi connectivity index (χ0v) is 18.2. The molecule has 1 saturated heterocycles. The van der Waals surface area contributed by atoms with Crippen LogP contribution in [0.1, 0.15) is 59.5 Å². The summed E-state index contributed by atoms with van der Waals surface area (Å²) in [5.74, 6) is 0.162. The Labute approximate surface area is 183 Å². The quantitative estimate of drug-likeness (QED) is 0.759. The number of rotatable bonds is 4. The van der Waals surface area contributed by atoms with E-state index in [1.807, 2.05) is 24.0 Å². The van der Waals surface area contributed by atoms with E-state index in [-0.39, 0.29) is 11.9 Å². The van der Waals surface area contributed by atoms with Crippen molar-refractivity contribution in [2.45, 2.75) is 50.5 Å². The Morgan fingerprint density at radius 2 is 1.71 bits per heavy atom. The molecule has 2 saturated carbocycles. The van der Waals surface area contributed by atoms with Crippen molar-refractivity contribution in [1.29, 1.82) is 0 Å². The Morgan fingerprint density at radius 1 is 1.03 bits per heavy atom. The van der Waals surface area contributed by atoms with Crippen LogP contribution in [0.5, 0.6) is 0 Å². The maximum atomic E-state index is 12.4. The van der Waals surface area contributed by atoms with E-state index in [2.05, 4.69) is 24.3 Å². The summed E-state index contributed by atoms with van der Waals surface area (Å²) in [5, 5.41) is 10.1. The van der Waals surface area contributed by atoms with Gasteiger partial charge in [-0.2, -0.15) is 0 Å². The van der Waals surface area contributed by atoms with Crippen LogP contribution < -0.4 is 0 Å². The fraction of sp³-hybridized carbons (Fsp3) is 0.462. The molecule has 3 fully saturated rings. The van der Waals surface area contributed by atoms with Crippen LogP contribution in [0.3, 0.4) is 0 Å². The molecule has 1 aliphatic heterocycles. The van der Waals surface area contributed by atoms with E-state index in [0.29, 0.717) is 29.7 Å². The number of hydrogen-bond donors (Lipinski definition) is 1. The lowest BCUT2D eigenvalue weighted by Crippen LogP contribution is -2.45. The molecular weight excluding hydrogens is 390 g/mol. The largest absolute Gasteiger partial charge is 0.465 e. The highest BCUT2D eigenvalue weighted by Gasteiger charge is 2.57. The lowest BCUT2D eigenvalue weighted by atomic mass is 9.88. The molecule has 1 heterocycles. The van der Waals surface area contributed by atoms with Crippen LogP contribution in [0.2, 0.25) is 0 Å². The molecule has 1 spiro atoms. The average Bonchev–Trinajstić information content (AvgIpc) is 3.71. The van der Waals surface area contributed by atoms with Gasteiger partial charge in [-0.25, -0.2) is 4.79 Å². The predicted octanol–water partition coefficient (Wildman–Crippen LogP) is 4.07. The Balaban J connectivity index is 1.27. The summed E-state index contributed by atoms with van der Waals surface area (Å²) in [6, 6.07) is 14.4. The molecule has 0 unspecified atom stereocenters. The van der Waals surface area contributed by atoms with Gasteiger partial charge in [-0.3, -0.25) is 4.79 Å². The van der Waals surface area contributed by atoms with Crippen LogP contribution in [-0.4, -0.2) is 47.7 Å². The van der Waals surface area contributed by atoms with Crippen molar-refractivity contribution >= 4 is 11.9 Å². The van der Waals surface area contributed by atoms with E-state index >= 15 is 0 Å². The molecule has 2 aromatic carbocycles. The topological polar surface area (TPSA) is 66.8 Å². The summed E-state index contributed by atoms with van der Waals surface area (Å²) in [7, 11) is 1.40. The fourth-order valence-electron chi connectivity index (χ4n) is 5.23. The number of nitrogens with zero attached hydrogens (tertiary/aromatic N) is 1. The number of likely N-dealkylation sites (tertiary alicyclic amines) is 1. The van der Waals surface area contributed by atoms with Gasteiger partial charge < -0.3 is 14.7 Å². The Hall–Kier alpha value is -2.66. The van der Waals surface area contributed by atoms with Gasteiger partial charge in [-0.05, 0) is 84.7 Å². The van der Waals surface area contributed by atoms with Gasteiger partial charge in [0.2, 0.25) is 0 Å². The van der Waals surface area contributed by atoms with Crippen LogP contribution in [0.15, 0.2) is 42.5 Å². The second kappa shape index (κ2) is 7.20. The third-order valence-corrected chi connectivity index (χ3v) is 7.64. The molecule has 1 amide bonds. The van der Waals surface area contributed by atoms with Crippen molar-refractivity contribution in [3.8, 4) is 11.1 Å². The lowest BCUT2D eigenvalue weighted by Gasteiger charge is -2.34. The number of aryl methyl sites for hydroxylation is 1. The minimum Gasteiger partial charge on any atom is -0.465 e. The molecule has 0 bridgehead atoms. The minimum absolute atomic E-state index is 0.0616. The van der Waals surface area contributed by atoms with E-state index in [1.54, 1.807) is 6.07 Å². The summed E-state index contributed by atoms with van der Waals surface area (Å²) in [6.45, 7) is 3.57. The highest BCUT2D eigenvalue weighted by molar-refractivity contribution is 5.91. The summed E-state index contributed by atoms with van der Waals surface area (Å²) in [5.41, 5.74) is 4.44. The molecule has 1 N–H and O–H groups in total. The molecule has 0 radical (unpaired) electrons. The molecule has 3 aliphatic rings. The zero-order chi connectivity index (χ0) is 21.8. The minimum atomic E-state index is -1.05. The Bertz CT molecular complexity index is 1030. The number of methoxy groups -OCH3 is 1. The summed E-state index contributed by atoms with van der Waals surface area (Å²) in [4.78, 5) is 26.2. The smallest absolute Gasteiger partial charge is 0.337 e. The molecule has 2 aliphatic carbocycles. The lowest BCUT2D eigenvalue weighted by molar-refractivity contribution is -0.144. The second-order valence-corrected chi connectivity index (χ2v) is 9.59. The van der Waals surface area contributed by atoms with E-state index in [1.165, 1.54) is 19.1 Å². The monoisotopic (exact) mass is 419 g/mol. The van der Waals surface area contributed by atoms with E-state index in [9.17, 15) is 14.7 Å². The fourth-order valence-corrected chi connectivity index (χ4v) is 5.23. The highest BCUT2D eigenvalue weighted by atomic mass is 16.5. The number of esters is 1. The molecule has 1 atom stereocenters. The van der Waals surface area contributed by atoms with Gasteiger partial charge in [-0.1, -0.05) is 30.3 Å². The number of piperidine rings is 1. The number of aliphatic hydroxyl groups is 1. The molecule has 162 valence electrons. The van der Waals surface area contributed by atoms with Crippen molar-refractivity contribution in [3.05, 3.63) is 59.2 Å². The summed E-state index contributed by atoms with van der Waals surface area (Å²) >= 11 is 0. The molecule has 2 aromatic rings. The summed E-state index contributed by atoms with van der Waals surface area (Å²) < 4.78 is 4.86. The number of benzene rings is 2. The van der Waals surface area contributed by atoms with Crippen LogP contribution in [0.25, 0.3) is 11.1 Å². The van der Waals surface area contributed by atoms with E-state index < -0.39 is 5.60 Å². The number of ether oxygens (including phenoxy) is 1. The predicted molar refractivity (Wildman–Crippen MR) is 118 cm³/mol. The van der Waals surface area contributed by atoms with E-state index in [4.69, 9.17) is 4.74 Å². The van der Waals surface area contributed by atoms with Gasteiger partial charge >= 0.3 is 5.97 Å². The molecule has 5 heteroatoms. The van der Waals surface area contributed by atoms with Gasteiger partial charge in [-0.15, -0.1) is 0 Å². The van der Waals surface area contributed by atoms with Crippen molar-refractivity contribution in [2.75, 3.05) is 20.2 Å². The van der Waals surface area contributed by atoms with Gasteiger partial charge in [0.25, 0.3) is 5.91 Å². The van der Waals surface area contributed by atoms with E-state index in [0.717, 1.165) is 42.6 Å². The van der Waals surface area contributed by atoms with Gasteiger partial charge in [0.05, 0.1) is 12.7 Å². The first kappa shape index (κ1) is 20.3. The first-order chi connectivity index (χ1) is 14.8. The highest BCUT2D eigenvalue weighted by Crippen LogP contribution is 2.65. The van der Waals surface area contributed by atoms with Gasteiger partial charge in [0, 0.05) is 13.1 Å². The summed E-state index contributed by atoms with van der Waals surface area (Å²) in [6.07, 6.45) is 4.44.